The van der Waals surface area contributed by atoms with E-state index in [4.69, 9.17) is 9.26 Å². The summed E-state index contributed by atoms with van der Waals surface area (Å²) in [5, 5.41) is 6.65. The van der Waals surface area contributed by atoms with Crippen molar-refractivity contribution in [3.63, 3.8) is 0 Å². The van der Waals surface area contributed by atoms with Crippen molar-refractivity contribution in [1.29, 1.82) is 0 Å². The lowest BCUT2D eigenvalue weighted by molar-refractivity contribution is 0.0305. The van der Waals surface area contributed by atoms with E-state index in [9.17, 15) is 4.79 Å². The molecule has 0 unspecified atom stereocenters. The zero-order valence-corrected chi connectivity index (χ0v) is 13.5. The number of halogens is 1. The molecule has 0 radical (unpaired) electrons. The molecule has 1 aromatic carbocycles. The first-order valence-electron chi connectivity index (χ1n) is 7.04. The maximum Gasteiger partial charge on any atom is 0.277 e. The number of amides is 1. The molecule has 0 bridgehead atoms. The van der Waals surface area contributed by atoms with Crippen LogP contribution in [-0.4, -0.2) is 42.3 Å². The molecule has 0 spiro atoms. The van der Waals surface area contributed by atoms with Crippen molar-refractivity contribution >= 4 is 27.5 Å². The number of ether oxygens (including phenoxy) is 1. The van der Waals surface area contributed by atoms with E-state index in [0.29, 0.717) is 18.0 Å². The highest BCUT2D eigenvalue weighted by molar-refractivity contribution is 9.10. The molecule has 0 aliphatic carbocycles. The SMILES string of the molecule is O=C(Nc1ccccc1Br)c1cc(CN2CCOCC2)on1. The Morgan fingerprint density at radius 1 is 1.32 bits per heavy atom. The van der Waals surface area contributed by atoms with Crippen LogP contribution in [0.25, 0.3) is 0 Å². The third-order valence-corrected chi connectivity index (χ3v) is 4.09. The van der Waals surface area contributed by atoms with Crippen LogP contribution in [0.4, 0.5) is 5.69 Å². The van der Waals surface area contributed by atoms with Gasteiger partial charge in [0.25, 0.3) is 5.91 Å². The topological polar surface area (TPSA) is 67.6 Å². The van der Waals surface area contributed by atoms with Crippen LogP contribution in [0.1, 0.15) is 16.2 Å². The second-order valence-electron chi connectivity index (χ2n) is 5.00. The summed E-state index contributed by atoms with van der Waals surface area (Å²) < 4.78 is 11.4. The van der Waals surface area contributed by atoms with Crippen molar-refractivity contribution in [2.45, 2.75) is 6.54 Å². The summed E-state index contributed by atoms with van der Waals surface area (Å²) >= 11 is 3.39. The zero-order chi connectivity index (χ0) is 15.4. The molecule has 1 fully saturated rings. The summed E-state index contributed by atoms with van der Waals surface area (Å²) in [5.41, 5.74) is 0.976. The molecule has 3 rings (SSSR count). The minimum Gasteiger partial charge on any atom is -0.379 e. The van der Waals surface area contributed by atoms with E-state index in [2.05, 4.69) is 31.3 Å². The van der Waals surface area contributed by atoms with E-state index in [1.807, 2.05) is 24.3 Å². The number of anilines is 1. The lowest BCUT2D eigenvalue weighted by atomic mass is 10.3. The van der Waals surface area contributed by atoms with E-state index in [-0.39, 0.29) is 11.6 Å². The second-order valence-corrected chi connectivity index (χ2v) is 5.86. The van der Waals surface area contributed by atoms with E-state index in [0.717, 1.165) is 30.8 Å². The molecule has 2 aromatic rings. The molecule has 116 valence electrons. The molecule has 1 aromatic heterocycles. The van der Waals surface area contributed by atoms with Crippen LogP contribution in [-0.2, 0) is 11.3 Å². The maximum absolute atomic E-state index is 12.2. The Morgan fingerprint density at radius 3 is 2.86 bits per heavy atom. The normalized spacial score (nSPS) is 15.7. The van der Waals surface area contributed by atoms with Gasteiger partial charge in [-0.1, -0.05) is 17.3 Å². The molecule has 0 atom stereocenters. The Balaban J connectivity index is 1.63. The van der Waals surface area contributed by atoms with Gasteiger partial charge in [0.2, 0.25) is 0 Å². The van der Waals surface area contributed by atoms with Gasteiger partial charge in [-0.15, -0.1) is 0 Å². The highest BCUT2D eigenvalue weighted by Crippen LogP contribution is 2.22. The van der Waals surface area contributed by atoms with Crippen LogP contribution in [0.2, 0.25) is 0 Å². The predicted molar refractivity (Wildman–Crippen MR) is 84.7 cm³/mol. The number of benzene rings is 1. The third kappa shape index (κ3) is 3.73. The highest BCUT2D eigenvalue weighted by Gasteiger charge is 2.17. The summed E-state index contributed by atoms with van der Waals surface area (Å²) in [5.74, 6) is 0.392. The first-order chi connectivity index (χ1) is 10.7. The lowest BCUT2D eigenvalue weighted by Gasteiger charge is -2.25. The Labute approximate surface area is 136 Å². The van der Waals surface area contributed by atoms with E-state index in [1.165, 1.54) is 0 Å². The minimum absolute atomic E-state index is 0.277. The van der Waals surface area contributed by atoms with Gasteiger partial charge < -0.3 is 14.6 Å². The number of para-hydroxylation sites is 1. The van der Waals surface area contributed by atoms with Gasteiger partial charge in [0, 0.05) is 23.6 Å². The standard InChI is InChI=1S/C15H16BrN3O3/c16-12-3-1-2-4-13(12)17-15(20)14-9-11(22-18-14)10-19-5-7-21-8-6-19/h1-4,9H,5-8,10H2,(H,17,20). The monoisotopic (exact) mass is 365 g/mol. The molecule has 1 aliphatic heterocycles. The second kappa shape index (κ2) is 7.04. The highest BCUT2D eigenvalue weighted by atomic mass is 79.9. The number of carbonyl (C=O) groups is 1. The molecule has 1 saturated heterocycles. The lowest BCUT2D eigenvalue weighted by Crippen LogP contribution is -2.35. The van der Waals surface area contributed by atoms with Crippen molar-refractivity contribution in [2.24, 2.45) is 0 Å². The Morgan fingerprint density at radius 2 is 2.09 bits per heavy atom. The van der Waals surface area contributed by atoms with Gasteiger partial charge >= 0.3 is 0 Å². The summed E-state index contributed by atoms with van der Waals surface area (Å²) in [6.45, 7) is 3.81. The first-order valence-corrected chi connectivity index (χ1v) is 7.83. The molecule has 1 N–H and O–H groups in total. The Kier molecular flexibility index (Phi) is 4.87. The number of rotatable bonds is 4. The first kappa shape index (κ1) is 15.2. The van der Waals surface area contributed by atoms with Crippen LogP contribution < -0.4 is 5.32 Å². The fraction of sp³-hybridized carbons (Fsp3) is 0.333. The van der Waals surface area contributed by atoms with Gasteiger partial charge in [-0.2, -0.15) is 0 Å². The van der Waals surface area contributed by atoms with E-state index in [1.54, 1.807) is 6.07 Å². The summed E-state index contributed by atoms with van der Waals surface area (Å²) in [6, 6.07) is 9.10. The fourth-order valence-corrected chi connectivity index (χ4v) is 2.61. The molecular formula is C15H16BrN3O3. The summed E-state index contributed by atoms with van der Waals surface area (Å²) in [7, 11) is 0. The Hall–Kier alpha value is -1.70. The van der Waals surface area contributed by atoms with Gasteiger partial charge in [-0.05, 0) is 28.1 Å². The molecule has 22 heavy (non-hydrogen) atoms. The van der Waals surface area contributed by atoms with Crippen LogP contribution in [0.3, 0.4) is 0 Å². The summed E-state index contributed by atoms with van der Waals surface area (Å²) in [6.07, 6.45) is 0. The average molecular weight is 366 g/mol. The van der Waals surface area contributed by atoms with Crippen molar-refractivity contribution in [1.82, 2.24) is 10.1 Å². The number of nitrogens with one attached hydrogen (secondary N) is 1. The fourth-order valence-electron chi connectivity index (χ4n) is 2.22. The Bertz CT molecular complexity index is 653. The van der Waals surface area contributed by atoms with Crippen molar-refractivity contribution < 1.29 is 14.1 Å². The van der Waals surface area contributed by atoms with Crippen LogP contribution in [0.15, 0.2) is 39.3 Å². The maximum atomic E-state index is 12.2. The zero-order valence-electron chi connectivity index (χ0n) is 11.9. The summed E-state index contributed by atoms with van der Waals surface area (Å²) in [4.78, 5) is 14.4. The quantitative estimate of drug-likeness (QED) is 0.901. The van der Waals surface area contributed by atoms with Crippen LogP contribution in [0.5, 0.6) is 0 Å². The largest absolute Gasteiger partial charge is 0.379 e. The van der Waals surface area contributed by atoms with Crippen molar-refractivity contribution in [2.75, 3.05) is 31.6 Å². The molecule has 6 nitrogen and oxygen atoms in total. The molecule has 2 heterocycles. The number of carbonyl (C=O) groups excluding carboxylic acids is 1. The van der Waals surface area contributed by atoms with E-state index < -0.39 is 0 Å². The number of nitrogens with zero attached hydrogens (tertiary/aromatic N) is 2. The number of hydrogen-bond acceptors (Lipinski definition) is 5. The van der Waals surface area contributed by atoms with E-state index >= 15 is 0 Å². The molecule has 1 amide bonds. The predicted octanol–water partition coefficient (Wildman–Crippen LogP) is 2.52. The molecular weight excluding hydrogens is 350 g/mol. The molecule has 0 saturated carbocycles. The van der Waals surface area contributed by atoms with Gasteiger partial charge in [-0.25, -0.2) is 0 Å². The van der Waals surface area contributed by atoms with Gasteiger partial charge in [0.05, 0.1) is 25.4 Å². The number of hydrogen-bond donors (Lipinski definition) is 1. The van der Waals surface area contributed by atoms with Gasteiger partial charge in [-0.3, -0.25) is 9.69 Å². The van der Waals surface area contributed by atoms with Crippen LogP contribution in [0, 0.1) is 0 Å². The minimum atomic E-state index is -0.288. The third-order valence-electron chi connectivity index (χ3n) is 3.40. The number of morpholine rings is 1. The van der Waals surface area contributed by atoms with Gasteiger partial charge in [0.15, 0.2) is 11.5 Å². The smallest absolute Gasteiger partial charge is 0.277 e. The van der Waals surface area contributed by atoms with Gasteiger partial charge in [0.1, 0.15) is 0 Å². The number of aromatic nitrogens is 1. The van der Waals surface area contributed by atoms with Crippen molar-refractivity contribution in [3.05, 3.63) is 46.3 Å². The average Bonchev–Trinajstić information content (AvgIpc) is 2.99. The molecule has 7 heteroatoms. The molecule has 1 aliphatic rings. The van der Waals surface area contributed by atoms with Crippen molar-refractivity contribution in [3.8, 4) is 0 Å². The van der Waals surface area contributed by atoms with Crippen LogP contribution >= 0.6 is 15.9 Å².